The van der Waals surface area contributed by atoms with Crippen LogP contribution in [0.2, 0.25) is 31.2 Å². The minimum atomic E-state index is -2.19. The van der Waals surface area contributed by atoms with Gasteiger partial charge in [0, 0.05) is 17.3 Å². The fourth-order valence-electron chi connectivity index (χ4n) is 10.8. The molecule has 5 aliphatic rings. The van der Waals surface area contributed by atoms with E-state index in [1.54, 1.807) is 25.1 Å². The molecule has 1 aromatic carbocycles. The lowest BCUT2D eigenvalue weighted by Gasteiger charge is -2.69. The number of carbonyl (C=O) groups excluding carboxylic acids is 2. The van der Waals surface area contributed by atoms with E-state index in [0.717, 1.165) is 29.3 Å². The van der Waals surface area contributed by atoms with Crippen molar-refractivity contribution in [2.45, 2.75) is 154 Å². The average molecular weight is 771 g/mol. The molecular formula is C41H62O10Si2. The van der Waals surface area contributed by atoms with Crippen molar-refractivity contribution in [1.82, 2.24) is 0 Å². The first kappa shape index (κ1) is 40.3. The monoisotopic (exact) mass is 770 g/mol. The number of carbonyl (C=O) groups is 2. The van der Waals surface area contributed by atoms with Crippen molar-refractivity contribution in [3.05, 3.63) is 59.7 Å². The zero-order chi connectivity index (χ0) is 38.6. The van der Waals surface area contributed by atoms with Crippen LogP contribution in [0.1, 0.15) is 85.0 Å². The van der Waals surface area contributed by atoms with Crippen molar-refractivity contribution in [1.29, 1.82) is 0 Å². The van der Waals surface area contributed by atoms with E-state index in [2.05, 4.69) is 68.1 Å². The molecule has 10 nitrogen and oxygen atoms in total. The second-order valence-corrected chi connectivity index (χ2v) is 23.9. The van der Waals surface area contributed by atoms with Crippen molar-refractivity contribution in [3.63, 3.8) is 0 Å². The predicted octanol–water partition coefficient (Wildman–Crippen LogP) is 8.12. The normalized spacial score (nSPS) is 37.3. The van der Waals surface area contributed by atoms with Gasteiger partial charge in [0.05, 0.1) is 36.9 Å². The molecule has 0 amide bonds. The maximum Gasteiger partial charge on any atom is 0.509 e. The summed E-state index contributed by atoms with van der Waals surface area (Å²) in [4.78, 5) is 28.2. The van der Waals surface area contributed by atoms with E-state index >= 15 is 0 Å². The second-order valence-electron chi connectivity index (χ2n) is 16.8. The molecule has 2 aliphatic heterocycles. The molecule has 4 fully saturated rings. The Morgan fingerprint density at radius 2 is 1.72 bits per heavy atom. The van der Waals surface area contributed by atoms with Gasteiger partial charge >= 0.3 is 12.1 Å². The SMILES string of the molecule is C=CC1O[C@@H]2C3=C(C)C(O[Si](CC)(CC)CC)C[C@@](O[SiH](C)C)([C@@H](OC(=O)c4ccccc4)[C@H]4[C@@](C)(CC[C@H]5OC[C@]54OC(=O)OCC)[C@@H]2O1)C3(C)C. The van der Waals surface area contributed by atoms with Gasteiger partial charge < -0.3 is 37.3 Å². The number of rotatable bonds is 12. The van der Waals surface area contributed by atoms with E-state index in [-0.39, 0.29) is 19.3 Å². The van der Waals surface area contributed by atoms with Crippen molar-refractivity contribution in [2.75, 3.05) is 13.2 Å². The fourth-order valence-corrected chi connectivity index (χ4v) is 15.0. The molecule has 0 radical (unpaired) electrons. The molecule has 2 heterocycles. The summed E-state index contributed by atoms with van der Waals surface area (Å²) < 4.78 is 54.2. The summed E-state index contributed by atoms with van der Waals surface area (Å²) in [5.74, 6) is -1.11. The van der Waals surface area contributed by atoms with Gasteiger partial charge in [-0.3, -0.25) is 0 Å². The number of fused-ring (bicyclic) bond motifs is 8. The van der Waals surface area contributed by atoms with Crippen LogP contribution in [0, 0.1) is 16.7 Å². The van der Waals surface area contributed by atoms with Crippen LogP contribution in [0.3, 0.4) is 0 Å². The van der Waals surface area contributed by atoms with Gasteiger partial charge in [-0.15, -0.1) is 0 Å². The molecular weight excluding hydrogens is 709 g/mol. The predicted molar refractivity (Wildman–Crippen MR) is 207 cm³/mol. The third-order valence-corrected chi connectivity index (χ3v) is 19.2. The molecule has 10 atom stereocenters. The Morgan fingerprint density at radius 1 is 1.04 bits per heavy atom. The summed E-state index contributed by atoms with van der Waals surface area (Å²) in [6, 6.07) is 12.0. The Labute approximate surface area is 319 Å². The van der Waals surface area contributed by atoms with Crippen LogP contribution >= 0.6 is 0 Å². The highest BCUT2D eigenvalue weighted by atomic mass is 28.4. The molecule has 0 N–H and O–H groups in total. The Morgan fingerprint density at radius 3 is 2.28 bits per heavy atom. The first-order chi connectivity index (χ1) is 25.1. The van der Waals surface area contributed by atoms with E-state index < -0.39 is 88.1 Å². The second kappa shape index (κ2) is 15.0. The van der Waals surface area contributed by atoms with Crippen LogP contribution in [-0.4, -0.2) is 90.7 Å². The summed E-state index contributed by atoms with van der Waals surface area (Å²) >= 11 is 0. The summed E-state index contributed by atoms with van der Waals surface area (Å²) in [5, 5.41) is 0. The molecule has 2 bridgehead atoms. The van der Waals surface area contributed by atoms with Crippen LogP contribution in [0.25, 0.3) is 0 Å². The molecule has 6 rings (SSSR count). The standard InChI is InChI=1S/C41H62O10Si2/c1-12-30-46-32-31-26(6)28(50-53(14-3,15-4)16-5)24-41(38(31,7)8,51-52(10)11)35(48-36(42)27-20-18-17-19-21-27)33-39(9,34(32)47-30)23-22-29-40(33,25-45-29)49-37(43)44-13-2/h12,17-21,28-30,32-35,52H,1,13-16,22-25H2,2-11H3/t28?,29-,30?,32-,33+,34-,35+,39-,40+,41-/m1/s1. The Kier molecular flexibility index (Phi) is 11.4. The summed E-state index contributed by atoms with van der Waals surface area (Å²) in [7, 11) is -4.12. The van der Waals surface area contributed by atoms with E-state index in [1.807, 2.05) is 18.2 Å². The minimum absolute atomic E-state index is 0.119. The van der Waals surface area contributed by atoms with Crippen molar-refractivity contribution >= 4 is 29.5 Å². The quantitative estimate of drug-likeness (QED) is 0.118. The number of hydrogen-bond acceptors (Lipinski definition) is 10. The van der Waals surface area contributed by atoms with Gasteiger partial charge in [0.25, 0.3) is 0 Å². The molecule has 2 saturated heterocycles. The minimum Gasteiger partial charge on any atom is -0.455 e. The van der Waals surface area contributed by atoms with E-state index in [1.165, 1.54) is 0 Å². The van der Waals surface area contributed by atoms with Gasteiger partial charge in [-0.1, -0.05) is 66.3 Å². The molecule has 3 aliphatic carbocycles. The van der Waals surface area contributed by atoms with Crippen molar-refractivity contribution in [2.24, 2.45) is 16.7 Å². The lowest BCUT2D eigenvalue weighted by Crippen LogP contribution is -2.80. The first-order valence-electron chi connectivity index (χ1n) is 19.9. The number of hydrogen-bond donors (Lipinski definition) is 0. The highest BCUT2D eigenvalue weighted by molar-refractivity contribution is 6.73. The van der Waals surface area contributed by atoms with E-state index in [0.29, 0.717) is 24.8 Å². The number of esters is 1. The highest BCUT2D eigenvalue weighted by Gasteiger charge is 2.77. The smallest absolute Gasteiger partial charge is 0.455 e. The highest BCUT2D eigenvalue weighted by Crippen LogP contribution is 2.67. The van der Waals surface area contributed by atoms with Gasteiger partial charge in [-0.2, -0.15) is 0 Å². The van der Waals surface area contributed by atoms with Gasteiger partial charge in [-0.05, 0) is 87.3 Å². The zero-order valence-corrected chi connectivity index (χ0v) is 35.7. The summed E-state index contributed by atoms with van der Waals surface area (Å²) in [5.41, 5.74) is -1.23. The fraction of sp³-hybridized carbons (Fsp3) is 0.707. The van der Waals surface area contributed by atoms with Gasteiger partial charge in [0.2, 0.25) is 0 Å². The molecule has 1 aromatic rings. The van der Waals surface area contributed by atoms with Crippen LogP contribution < -0.4 is 0 Å². The molecule has 0 spiro atoms. The van der Waals surface area contributed by atoms with Gasteiger partial charge in [-0.25, -0.2) is 9.59 Å². The molecule has 0 aromatic heterocycles. The lowest BCUT2D eigenvalue weighted by atomic mass is 9.45. The van der Waals surface area contributed by atoms with Crippen molar-refractivity contribution in [3.8, 4) is 0 Å². The molecule has 53 heavy (non-hydrogen) atoms. The molecule has 2 saturated carbocycles. The molecule has 294 valence electrons. The summed E-state index contributed by atoms with van der Waals surface area (Å²) in [6.45, 7) is 25.9. The maximum absolute atomic E-state index is 14.6. The van der Waals surface area contributed by atoms with E-state index in [9.17, 15) is 9.59 Å². The average Bonchev–Trinajstić information content (AvgIpc) is 3.55. The number of benzene rings is 1. The Bertz CT molecular complexity index is 1550. The van der Waals surface area contributed by atoms with Crippen LogP contribution in [-0.2, 0) is 37.3 Å². The largest absolute Gasteiger partial charge is 0.509 e. The third kappa shape index (κ3) is 6.41. The van der Waals surface area contributed by atoms with Gasteiger partial charge in [0.1, 0.15) is 23.9 Å². The van der Waals surface area contributed by atoms with E-state index in [4.69, 9.17) is 37.3 Å². The summed E-state index contributed by atoms with van der Waals surface area (Å²) in [6.07, 6.45) is -0.743. The maximum atomic E-state index is 14.6. The van der Waals surface area contributed by atoms with Crippen LogP contribution in [0.5, 0.6) is 0 Å². The topological polar surface area (TPSA) is 108 Å². The molecule has 12 heteroatoms. The first-order valence-corrected chi connectivity index (χ1v) is 25.2. The van der Waals surface area contributed by atoms with Crippen LogP contribution in [0.15, 0.2) is 54.1 Å². The number of ether oxygens (including phenoxy) is 6. The lowest BCUT2D eigenvalue weighted by molar-refractivity contribution is -0.342. The third-order valence-electron chi connectivity index (χ3n) is 13.6. The Balaban J connectivity index is 1.69. The van der Waals surface area contributed by atoms with Gasteiger partial charge in [0.15, 0.2) is 29.2 Å². The Hall–Kier alpha value is -2.33. The molecule has 2 unspecified atom stereocenters. The van der Waals surface area contributed by atoms with Crippen molar-refractivity contribution < 1.29 is 46.9 Å². The zero-order valence-electron chi connectivity index (χ0n) is 33.5. The van der Waals surface area contributed by atoms with Crippen LogP contribution in [0.4, 0.5) is 4.79 Å².